The van der Waals surface area contributed by atoms with Crippen LogP contribution in [0, 0.1) is 0 Å². The monoisotopic (exact) mass is 339 g/mol. The van der Waals surface area contributed by atoms with Crippen molar-refractivity contribution in [2.45, 2.75) is 22.8 Å². The van der Waals surface area contributed by atoms with Gasteiger partial charge in [0.1, 0.15) is 11.1 Å². The molecule has 1 aromatic carbocycles. The van der Waals surface area contributed by atoms with Crippen LogP contribution in [0.3, 0.4) is 0 Å². The van der Waals surface area contributed by atoms with Gasteiger partial charge in [-0.1, -0.05) is 41.6 Å². The molecule has 0 bridgehead atoms. The second-order valence-electron chi connectivity index (χ2n) is 4.90. The third-order valence-electron chi connectivity index (χ3n) is 3.33. The largest absolute Gasteiger partial charge is 0.669 e. The molecule has 0 unspecified atom stereocenters. The van der Waals surface area contributed by atoms with Gasteiger partial charge in [0, 0.05) is 5.75 Å². The fourth-order valence-electron chi connectivity index (χ4n) is 2.31. The lowest BCUT2D eigenvalue weighted by Crippen LogP contribution is -2.45. The topological polar surface area (TPSA) is 113 Å². The van der Waals surface area contributed by atoms with Crippen molar-refractivity contribution in [3.05, 3.63) is 34.3 Å². The van der Waals surface area contributed by atoms with Gasteiger partial charge in [-0.3, -0.25) is 0 Å². The lowest BCUT2D eigenvalue weighted by Gasteiger charge is -2.37. The highest BCUT2D eigenvalue weighted by atomic mass is 32.2. The minimum atomic E-state index is -3.00. The maximum absolute atomic E-state index is 11.6. The first-order valence-corrected chi connectivity index (χ1v) is 8.39. The summed E-state index contributed by atoms with van der Waals surface area (Å²) in [6.45, 7) is -3.00. The van der Waals surface area contributed by atoms with Gasteiger partial charge in [-0.25, -0.2) is 4.79 Å². The summed E-state index contributed by atoms with van der Waals surface area (Å²) in [4.78, 5) is 11.6. The van der Waals surface area contributed by atoms with Gasteiger partial charge < -0.3 is 19.8 Å². The zero-order valence-electron chi connectivity index (χ0n) is 11.3. The Hall–Kier alpha value is -1.62. The summed E-state index contributed by atoms with van der Waals surface area (Å²) in [6.07, 6.45) is 0.428. The fraction of sp³-hybridized carbons (Fsp3) is 0.250. The van der Waals surface area contributed by atoms with E-state index in [1.165, 1.54) is 23.1 Å². The first kappa shape index (κ1) is 15.3. The normalized spacial score (nSPS) is 15.9. The highest BCUT2D eigenvalue weighted by Gasteiger charge is 2.32. The van der Waals surface area contributed by atoms with Gasteiger partial charge in [-0.15, -0.1) is 10.2 Å². The molecule has 1 aromatic heterocycles. The Morgan fingerprint density at radius 1 is 1.45 bits per heavy atom. The van der Waals surface area contributed by atoms with E-state index >= 15 is 0 Å². The van der Waals surface area contributed by atoms with Crippen molar-refractivity contribution in [3.8, 4) is 5.75 Å². The molecule has 0 aliphatic carbocycles. The zero-order chi connectivity index (χ0) is 15.7. The Balaban J connectivity index is 1.95. The average Bonchev–Trinajstić information content (AvgIpc) is 2.96. The number of carboxylic acid groups (broad SMARTS) is 1. The van der Waals surface area contributed by atoms with Crippen LogP contribution >= 0.6 is 23.1 Å². The van der Waals surface area contributed by atoms with E-state index in [-0.39, 0.29) is 17.6 Å². The van der Waals surface area contributed by atoms with Crippen molar-refractivity contribution in [2.75, 3.05) is 0 Å². The molecule has 3 N–H and O–H groups in total. The number of thioether (sulfide) groups is 1. The van der Waals surface area contributed by atoms with E-state index in [4.69, 9.17) is 4.65 Å². The van der Waals surface area contributed by atoms with Gasteiger partial charge in [0.05, 0.1) is 5.75 Å². The third-order valence-corrected chi connectivity index (χ3v) is 5.24. The van der Waals surface area contributed by atoms with Crippen LogP contribution in [0.25, 0.3) is 0 Å². The number of aryl methyl sites for hydroxylation is 1. The van der Waals surface area contributed by atoms with Crippen molar-refractivity contribution in [1.82, 2.24) is 10.2 Å². The molecule has 7 nitrogen and oxygen atoms in total. The smallest absolute Gasteiger partial charge is 0.430 e. The van der Waals surface area contributed by atoms with E-state index < -0.39 is 12.7 Å². The number of carbonyl (C=O) groups is 1. The Kier molecular flexibility index (Phi) is 4.08. The molecular formula is C12H12BN2O5S2-. The average molecular weight is 339 g/mol. The van der Waals surface area contributed by atoms with Crippen molar-refractivity contribution in [1.29, 1.82) is 0 Å². The molecule has 2 heterocycles. The third kappa shape index (κ3) is 3.09. The number of fused-ring (bicyclic) bond motifs is 1. The van der Waals surface area contributed by atoms with Crippen LogP contribution in [0.2, 0.25) is 6.32 Å². The van der Waals surface area contributed by atoms with Crippen LogP contribution in [0.5, 0.6) is 5.75 Å². The number of aromatic carboxylic acids is 1. The molecule has 0 radical (unpaired) electrons. The molecule has 116 valence electrons. The molecule has 2 aromatic rings. The molecule has 1 aliphatic heterocycles. The number of nitrogens with zero attached hydrogens (tertiary/aromatic N) is 2. The number of hydrogen-bond donors (Lipinski definition) is 3. The quantitative estimate of drug-likeness (QED) is 0.566. The molecule has 22 heavy (non-hydrogen) atoms. The van der Waals surface area contributed by atoms with Gasteiger partial charge in [0.15, 0.2) is 4.34 Å². The van der Waals surface area contributed by atoms with E-state index in [2.05, 4.69) is 10.2 Å². The maximum Gasteiger partial charge on any atom is 0.430 e. The molecule has 0 amide bonds. The van der Waals surface area contributed by atoms with Crippen LogP contribution in [0.1, 0.15) is 21.5 Å². The molecule has 10 heteroatoms. The first-order valence-electron chi connectivity index (χ1n) is 6.52. The molecule has 1 aliphatic rings. The maximum atomic E-state index is 11.6. The highest BCUT2D eigenvalue weighted by molar-refractivity contribution is 8.00. The predicted octanol–water partition coefficient (Wildman–Crippen LogP) is 1.39. The lowest BCUT2D eigenvalue weighted by molar-refractivity contribution is 0.0692. The van der Waals surface area contributed by atoms with Gasteiger partial charge in [0.25, 0.3) is 0 Å². The summed E-state index contributed by atoms with van der Waals surface area (Å²) in [5, 5.41) is 36.5. The van der Waals surface area contributed by atoms with E-state index in [9.17, 15) is 19.9 Å². The van der Waals surface area contributed by atoms with E-state index in [0.29, 0.717) is 23.3 Å². The SMILES string of the molecule is O=C(O)c1c(CSc2nncs2)ccc2c1O[B-](O)(O)CC2. The summed E-state index contributed by atoms with van der Waals surface area (Å²) in [5.74, 6) is -0.720. The summed E-state index contributed by atoms with van der Waals surface area (Å²) in [7, 11) is 0. The first-order chi connectivity index (χ1) is 10.5. The zero-order valence-corrected chi connectivity index (χ0v) is 12.9. The molecule has 0 spiro atoms. The molecule has 0 fully saturated rings. The standard InChI is InChI=1S/C12H12BN2O5S2/c16-11(17)9-8(5-21-12-15-14-6-22-12)2-1-7-3-4-13(18,19)20-10(7)9/h1-2,6,18-19H,3-5H2,(H,16,17)/q-1. The summed E-state index contributed by atoms with van der Waals surface area (Å²) < 4.78 is 5.88. The summed E-state index contributed by atoms with van der Waals surface area (Å²) in [5.41, 5.74) is 2.79. The second kappa shape index (κ2) is 5.88. The van der Waals surface area contributed by atoms with Crippen LogP contribution in [0.15, 0.2) is 22.0 Å². The van der Waals surface area contributed by atoms with E-state index in [0.717, 1.165) is 4.34 Å². The van der Waals surface area contributed by atoms with Crippen LogP contribution in [-0.2, 0) is 12.2 Å². The number of carboxylic acids is 1. The number of aromatic nitrogens is 2. The molecule has 0 saturated carbocycles. The van der Waals surface area contributed by atoms with Crippen LogP contribution in [0.4, 0.5) is 0 Å². The Bertz CT molecular complexity index is 708. The van der Waals surface area contributed by atoms with Gasteiger partial charge in [0.2, 0.25) is 0 Å². The van der Waals surface area contributed by atoms with Crippen molar-refractivity contribution in [3.63, 3.8) is 0 Å². The number of rotatable bonds is 4. The summed E-state index contributed by atoms with van der Waals surface area (Å²) >= 11 is 2.74. The number of hydrogen-bond acceptors (Lipinski definition) is 8. The summed E-state index contributed by atoms with van der Waals surface area (Å²) in [6, 6.07) is 3.50. The van der Waals surface area contributed by atoms with Crippen molar-refractivity contribution >= 4 is 35.8 Å². The predicted molar refractivity (Wildman–Crippen MR) is 82.2 cm³/mol. The van der Waals surface area contributed by atoms with Crippen molar-refractivity contribution in [2.24, 2.45) is 0 Å². The number of benzene rings is 1. The van der Waals surface area contributed by atoms with Gasteiger partial charge in [-0.2, -0.15) is 0 Å². The Morgan fingerprint density at radius 2 is 2.27 bits per heavy atom. The molecular weight excluding hydrogens is 327 g/mol. The molecule has 0 saturated heterocycles. The lowest BCUT2D eigenvalue weighted by atomic mass is 9.70. The Morgan fingerprint density at radius 3 is 2.95 bits per heavy atom. The van der Waals surface area contributed by atoms with Crippen LogP contribution < -0.4 is 4.65 Å². The van der Waals surface area contributed by atoms with Gasteiger partial charge in [-0.05, 0) is 17.5 Å². The van der Waals surface area contributed by atoms with Crippen LogP contribution in [-0.4, -0.2) is 38.1 Å². The Labute approximate surface area is 134 Å². The second-order valence-corrected chi connectivity index (χ2v) is 6.96. The van der Waals surface area contributed by atoms with E-state index in [1.54, 1.807) is 17.6 Å². The fourth-order valence-corrected chi connectivity index (χ4v) is 3.79. The molecule has 0 atom stereocenters. The molecule has 3 rings (SSSR count). The highest BCUT2D eigenvalue weighted by Crippen LogP contribution is 2.37. The van der Waals surface area contributed by atoms with Gasteiger partial charge >= 0.3 is 12.7 Å². The minimum absolute atomic E-state index is 0.0245. The van der Waals surface area contributed by atoms with Crippen molar-refractivity contribution < 1.29 is 24.6 Å². The minimum Gasteiger partial charge on any atom is -0.669 e. The van der Waals surface area contributed by atoms with E-state index in [1.807, 2.05) is 0 Å².